The number of aryl methyl sites for hydroxylation is 1. The van der Waals surface area contributed by atoms with Crippen molar-refractivity contribution < 1.29 is 14.7 Å². The molecule has 0 aromatic carbocycles. The third-order valence-corrected chi connectivity index (χ3v) is 3.57. The summed E-state index contributed by atoms with van der Waals surface area (Å²) in [4.78, 5) is 25.9. The number of rotatable bonds is 7. The molecule has 2 N–H and O–H groups in total. The molecule has 0 spiro atoms. The number of amides is 2. The number of hydrogen-bond donors (Lipinski definition) is 2. The van der Waals surface area contributed by atoms with Crippen molar-refractivity contribution in [2.24, 2.45) is 0 Å². The summed E-state index contributed by atoms with van der Waals surface area (Å²) >= 11 is 1.83. The smallest absolute Gasteiger partial charge is 0.317 e. The van der Waals surface area contributed by atoms with E-state index in [1.165, 1.54) is 0 Å². The zero-order chi connectivity index (χ0) is 16.1. The van der Waals surface area contributed by atoms with Gasteiger partial charge in [-0.1, -0.05) is 6.92 Å². The number of aromatic nitrogens is 2. The van der Waals surface area contributed by atoms with Gasteiger partial charge < -0.3 is 19.9 Å². The van der Waals surface area contributed by atoms with Gasteiger partial charge in [0.1, 0.15) is 5.82 Å². The normalized spacial score (nSPS) is 9.48. The maximum atomic E-state index is 11.7. The van der Waals surface area contributed by atoms with E-state index >= 15 is 0 Å². The van der Waals surface area contributed by atoms with Crippen LogP contribution in [0.5, 0.6) is 0 Å². The topological polar surface area (TPSA) is 87.5 Å². The van der Waals surface area contributed by atoms with Gasteiger partial charge in [0.2, 0.25) is 0 Å². The molecule has 1 aromatic heterocycles. The van der Waals surface area contributed by atoms with Gasteiger partial charge in [-0.15, -0.1) is 0 Å². The van der Waals surface area contributed by atoms with Crippen LogP contribution < -0.4 is 5.32 Å². The molecule has 0 saturated carbocycles. The second-order valence-electron chi connectivity index (χ2n) is 4.12. The van der Waals surface area contributed by atoms with Crippen molar-refractivity contribution >= 4 is 24.3 Å². The lowest BCUT2D eigenvalue weighted by Crippen LogP contribution is -2.39. The number of thioether (sulfide) groups is 1. The van der Waals surface area contributed by atoms with E-state index in [9.17, 15) is 4.79 Å². The second kappa shape index (κ2) is 12.1. The van der Waals surface area contributed by atoms with E-state index in [1.54, 1.807) is 11.1 Å². The number of likely N-dealkylation sites (N-methyl/N-ethyl adjacent to an activating group) is 1. The average molecular weight is 316 g/mol. The maximum Gasteiger partial charge on any atom is 0.317 e. The summed E-state index contributed by atoms with van der Waals surface area (Å²) in [6, 6.07) is -0.00975. The van der Waals surface area contributed by atoms with Crippen LogP contribution in [0.3, 0.4) is 0 Å². The largest absolute Gasteiger partial charge is 0.483 e. The lowest BCUT2D eigenvalue weighted by molar-refractivity contribution is -0.122. The van der Waals surface area contributed by atoms with Crippen LogP contribution in [-0.2, 0) is 11.3 Å². The molecule has 0 aliphatic heterocycles. The van der Waals surface area contributed by atoms with E-state index < -0.39 is 0 Å². The molecule has 21 heavy (non-hydrogen) atoms. The maximum absolute atomic E-state index is 11.7. The van der Waals surface area contributed by atoms with Crippen molar-refractivity contribution in [3.05, 3.63) is 18.2 Å². The van der Waals surface area contributed by atoms with E-state index in [2.05, 4.69) is 17.2 Å². The SMILES string of the molecule is CCSCCNC(=O)N(C)CCn1ccnc1C.O=CO. The Bertz CT molecular complexity index is 412. The molecule has 0 radical (unpaired) electrons. The predicted molar refractivity (Wildman–Crippen MR) is 84.7 cm³/mol. The highest BCUT2D eigenvalue weighted by Crippen LogP contribution is 1.97. The van der Waals surface area contributed by atoms with Crippen molar-refractivity contribution in [2.45, 2.75) is 20.4 Å². The molecule has 0 unspecified atom stereocenters. The number of hydrogen-bond acceptors (Lipinski definition) is 4. The summed E-state index contributed by atoms with van der Waals surface area (Å²) in [5.74, 6) is 3.03. The molecule has 0 saturated heterocycles. The van der Waals surface area contributed by atoms with E-state index in [-0.39, 0.29) is 12.5 Å². The lowest BCUT2D eigenvalue weighted by atomic mass is 10.5. The molecule has 1 heterocycles. The molecular weight excluding hydrogens is 292 g/mol. The van der Waals surface area contributed by atoms with Gasteiger partial charge in [0.15, 0.2) is 0 Å². The monoisotopic (exact) mass is 316 g/mol. The van der Waals surface area contributed by atoms with Gasteiger partial charge in [-0.3, -0.25) is 4.79 Å². The first-order chi connectivity index (χ1) is 10.1. The van der Waals surface area contributed by atoms with Gasteiger partial charge in [-0.25, -0.2) is 9.78 Å². The summed E-state index contributed by atoms with van der Waals surface area (Å²) in [5.41, 5.74) is 0. The molecule has 120 valence electrons. The number of carbonyl (C=O) groups is 2. The number of carbonyl (C=O) groups excluding carboxylic acids is 1. The van der Waals surface area contributed by atoms with Crippen LogP contribution in [0.25, 0.3) is 0 Å². The van der Waals surface area contributed by atoms with Gasteiger partial charge in [-0.2, -0.15) is 11.8 Å². The first-order valence-corrected chi connectivity index (χ1v) is 7.84. The first-order valence-electron chi connectivity index (χ1n) is 6.69. The van der Waals surface area contributed by atoms with Gasteiger partial charge in [0, 0.05) is 44.8 Å². The fourth-order valence-electron chi connectivity index (χ4n) is 1.51. The van der Waals surface area contributed by atoms with Gasteiger partial charge in [-0.05, 0) is 12.7 Å². The molecule has 7 nitrogen and oxygen atoms in total. The Balaban J connectivity index is 0.00000122. The highest BCUT2D eigenvalue weighted by Gasteiger charge is 2.07. The molecule has 1 aromatic rings. The van der Waals surface area contributed by atoms with E-state index in [4.69, 9.17) is 9.90 Å². The highest BCUT2D eigenvalue weighted by atomic mass is 32.2. The summed E-state index contributed by atoms with van der Waals surface area (Å²) in [6.07, 6.45) is 3.70. The van der Waals surface area contributed by atoms with Crippen LogP contribution in [0.15, 0.2) is 12.4 Å². The molecule has 0 atom stereocenters. The van der Waals surface area contributed by atoms with Crippen LogP contribution >= 0.6 is 11.8 Å². The summed E-state index contributed by atoms with van der Waals surface area (Å²) in [5, 5.41) is 9.79. The molecule has 1 rings (SSSR count). The summed E-state index contributed by atoms with van der Waals surface area (Å²) in [6.45, 7) is 6.02. The van der Waals surface area contributed by atoms with E-state index in [1.807, 2.05) is 36.5 Å². The molecule has 0 aliphatic carbocycles. The Hall–Kier alpha value is -1.70. The van der Waals surface area contributed by atoms with Crippen molar-refractivity contribution in [3.8, 4) is 0 Å². The standard InChI is InChI=1S/C12H22N4OS.CH2O2/c1-4-18-10-6-14-12(17)15(3)8-9-16-7-5-13-11(16)2;2-1-3/h5,7H,4,6,8-10H2,1-3H3,(H,14,17);1H,(H,2,3). The van der Waals surface area contributed by atoms with Crippen LogP contribution in [0.4, 0.5) is 4.79 Å². The predicted octanol–water partition coefficient (Wildman–Crippen LogP) is 1.29. The number of imidazole rings is 1. The van der Waals surface area contributed by atoms with Crippen LogP contribution in [0, 0.1) is 6.92 Å². The lowest BCUT2D eigenvalue weighted by Gasteiger charge is -2.18. The molecular formula is C13H24N4O3S. The Labute approximate surface area is 129 Å². The fourth-order valence-corrected chi connectivity index (χ4v) is 2.04. The summed E-state index contributed by atoms with van der Waals surface area (Å²) < 4.78 is 2.04. The number of carboxylic acid groups (broad SMARTS) is 1. The number of nitrogens with one attached hydrogen (secondary N) is 1. The van der Waals surface area contributed by atoms with Gasteiger partial charge in [0.25, 0.3) is 6.47 Å². The van der Waals surface area contributed by atoms with Crippen LogP contribution in [0.2, 0.25) is 0 Å². The zero-order valence-electron chi connectivity index (χ0n) is 12.8. The van der Waals surface area contributed by atoms with Crippen molar-refractivity contribution in [2.75, 3.05) is 31.6 Å². The minimum Gasteiger partial charge on any atom is -0.483 e. The van der Waals surface area contributed by atoms with E-state index in [0.29, 0.717) is 6.54 Å². The Morgan fingerprint density at radius 2 is 2.29 bits per heavy atom. The highest BCUT2D eigenvalue weighted by molar-refractivity contribution is 7.99. The van der Waals surface area contributed by atoms with Crippen LogP contribution in [-0.4, -0.2) is 63.7 Å². The molecule has 0 aliphatic rings. The van der Waals surface area contributed by atoms with E-state index in [0.717, 1.165) is 30.4 Å². The second-order valence-corrected chi connectivity index (χ2v) is 5.52. The van der Waals surface area contributed by atoms with Crippen molar-refractivity contribution in [1.82, 2.24) is 19.8 Å². The molecule has 8 heteroatoms. The third kappa shape index (κ3) is 8.96. The van der Waals surface area contributed by atoms with Gasteiger partial charge in [0.05, 0.1) is 0 Å². The average Bonchev–Trinajstić information content (AvgIpc) is 2.87. The third-order valence-electron chi connectivity index (χ3n) is 2.67. The minimum absolute atomic E-state index is 0.00975. The molecule has 0 bridgehead atoms. The Morgan fingerprint density at radius 1 is 1.62 bits per heavy atom. The summed E-state index contributed by atoms with van der Waals surface area (Å²) in [7, 11) is 1.81. The molecule has 0 fully saturated rings. The first kappa shape index (κ1) is 19.3. The van der Waals surface area contributed by atoms with Crippen molar-refractivity contribution in [1.29, 1.82) is 0 Å². The van der Waals surface area contributed by atoms with Gasteiger partial charge >= 0.3 is 6.03 Å². The Kier molecular flexibility index (Phi) is 11.1. The van der Waals surface area contributed by atoms with Crippen LogP contribution in [0.1, 0.15) is 12.7 Å². The number of urea groups is 1. The van der Waals surface area contributed by atoms with Crippen molar-refractivity contribution in [3.63, 3.8) is 0 Å². The molecule has 2 amide bonds. The Morgan fingerprint density at radius 3 is 2.81 bits per heavy atom. The fraction of sp³-hybridized carbons (Fsp3) is 0.615. The minimum atomic E-state index is -0.250. The quantitative estimate of drug-likeness (QED) is 0.584. The number of nitrogens with zero attached hydrogens (tertiary/aromatic N) is 3. The zero-order valence-corrected chi connectivity index (χ0v) is 13.6.